The van der Waals surface area contributed by atoms with Crippen LogP contribution in [0.2, 0.25) is 0 Å². The Labute approximate surface area is 164 Å². The van der Waals surface area contributed by atoms with E-state index in [-0.39, 0.29) is 18.3 Å². The van der Waals surface area contributed by atoms with Crippen LogP contribution in [0.3, 0.4) is 0 Å². The summed E-state index contributed by atoms with van der Waals surface area (Å²) in [5.41, 5.74) is 1.12. The number of aryl methyl sites for hydroxylation is 1. The van der Waals surface area contributed by atoms with E-state index >= 15 is 0 Å². The summed E-state index contributed by atoms with van der Waals surface area (Å²) in [6.07, 6.45) is 0. The number of benzene rings is 2. The lowest BCUT2D eigenvalue weighted by Gasteiger charge is -2.09. The van der Waals surface area contributed by atoms with Gasteiger partial charge in [-0.05, 0) is 48.9 Å². The van der Waals surface area contributed by atoms with Crippen LogP contribution in [0.4, 0.5) is 0 Å². The van der Waals surface area contributed by atoms with Gasteiger partial charge < -0.3 is 23.9 Å². The van der Waals surface area contributed by atoms with Crippen molar-refractivity contribution in [2.24, 2.45) is 0 Å². The third-order valence-corrected chi connectivity index (χ3v) is 3.97. The molecule has 1 amide bonds. The van der Waals surface area contributed by atoms with Crippen LogP contribution in [0.15, 0.2) is 65.1 Å². The van der Waals surface area contributed by atoms with Crippen molar-refractivity contribution < 1.29 is 23.4 Å². The third kappa shape index (κ3) is 5.30. The zero-order chi connectivity index (χ0) is 19.8. The van der Waals surface area contributed by atoms with E-state index in [1.165, 1.54) is 0 Å². The highest BCUT2D eigenvalue weighted by Crippen LogP contribution is 2.26. The molecular weight excluding hydrogens is 358 g/mol. The number of ether oxygens (including phenoxy) is 3. The van der Waals surface area contributed by atoms with Crippen molar-refractivity contribution in [1.29, 1.82) is 0 Å². The molecule has 146 valence electrons. The van der Waals surface area contributed by atoms with E-state index in [2.05, 4.69) is 5.32 Å². The first kappa shape index (κ1) is 19.4. The number of nitrogens with one attached hydrogen (secondary N) is 1. The first-order valence-electron chi connectivity index (χ1n) is 8.98. The molecule has 0 aliphatic carbocycles. The standard InChI is InChI=1S/C22H23NO5/c1-16-6-5-7-17(14-16)26-13-12-23-22(24)21-11-10-18(28-21)15-27-20-9-4-3-8-19(20)25-2/h3-11,14H,12-13,15H2,1-2H3,(H,23,24). The fourth-order valence-electron chi connectivity index (χ4n) is 2.59. The second-order valence-electron chi connectivity index (χ2n) is 6.13. The van der Waals surface area contributed by atoms with Gasteiger partial charge in [-0.1, -0.05) is 24.3 Å². The summed E-state index contributed by atoms with van der Waals surface area (Å²) >= 11 is 0. The van der Waals surface area contributed by atoms with E-state index in [0.29, 0.717) is 30.4 Å². The van der Waals surface area contributed by atoms with Crippen molar-refractivity contribution in [1.82, 2.24) is 5.32 Å². The maximum atomic E-state index is 12.2. The molecule has 3 aromatic rings. The summed E-state index contributed by atoms with van der Waals surface area (Å²) < 4.78 is 22.1. The molecule has 0 spiro atoms. The Kier molecular flexibility index (Phi) is 6.57. The molecule has 3 rings (SSSR count). The predicted molar refractivity (Wildman–Crippen MR) is 105 cm³/mol. The van der Waals surface area contributed by atoms with Crippen LogP contribution in [-0.2, 0) is 6.61 Å². The van der Waals surface area contributed by atoms with Crippen LogP contribution in [-0.4, -0.2) is 26.2 Å². The molecule has 0 saturated heterocycles. The normalized spacial score (nSPS) is 10.4. The molecule has 0 aliphatic heterocycles. The summed E-state index contributed by atoms with van der Waals surface area (Å²) in [5, 5.41) is 2.77. The van der Waals surface area contributed by atoms with Crippen LogP contribution in [0.1, 0.15) is 21.9 Å². The quantitative estimate of drug-likeness (QED) is 0.568. The van der Waals surface area contributed by atoms with Crippen LogP contribution < -0.4 is 19.5 Å². The molecule has 0 aliphatic rings. The van der Waals surface area contributed by atoms with Gasteiger partial charge in [-0.25, -0.2) is 0 Å². The van der Waals surface area contributed by atoms with Gasteiger partial charge in [-0.3, -0.25) is 4.79 Å². The van der Waals surface area contributed by atoms with Gasteiger partial charge in [-0.2, -0.15) is 0 Å². The van der Waals surface area contributed by atoms with Gasteiger partial charge in [0.25, 0.3) is 5.91 Å². The number of hydrogen-bond donors (Lipinski definition) is 1. The lowest BCUT2D eigenvalue weighted by molar-refractivity contribution is 0.0915. The molecular formula is C22H23NO5. The van der Waals surface area contributed by atoms with Gasteiger partial charge in [0.2, 0.25) is 0 Å². The number of hydrogen-bond acceptors (Lipinski definition) is 5. The van der Waals surface area contributed by atoms with E-state index in [0.717, 1.165) is 11.3 Å². The Bertz CT molecular complexity index is 919. The average molecular weight is 381 g/mol. The lowest BCUT2D eigenvalue weighted by Crippen LogP contribution is -2.27. The van der Waals surface area contributed by atoms with Gasteiger partial charge in [0, 0.05) is 0 Å². The predicted octanol–water partition coefficient (Wildman–Crippen LogP) is 3.98. The number of methoxy groups -OCH3 is 1. The van der Waals surface area contributed by atoms with Gasteiger partial charge in [-0.15, -0.1) is 0 Å². The number of para-hydroxylation sites is 2. The highest BCUT2D eigenvalue weighted by atomic mass is 16.5. The van der Waals surface area contributed by atoms with Crippen molar-refractivity contribution >= 4 is 5.91 Å². The number of carbonyl (C=O) groups excluding carboxylic acids is 1. The van der Waals surface area contributed by atoms with Crippen molar-refractivity contribution in [2.75, 3.05) is 20.3 Å². The molecule has 0 atom stereocenters. The van der Waals surface area contributed by atoms with E-state index in [9.17, 15) is 4.79 Å². The monoisotopic (exact) mass is 381 g/mol. The molecule has 6 heteroatoms. The van der Waals surface area contributed by atoms with E-state index in [1.54, 1.807) is 19.2 Å². The molecule has 2 aromatic carbocycles. The van der Waals surface area contributed by atoms with Crippen LogP contribution in [0.25, 0.3) is 0 Å². The fraction of sp³-hybridized carbons (Fsp3) is 0.227. The minimum absolute atomic E-state index is 0.199. The molecule has 0 unspecified atom stereocenters. The van der Waals surface area contributed by atoms with Crippen molar-refractivity contribution in [3.05, 3.63) is 77.7 Å². The Morgan fingerprint density at radius 1 is 1.00 bits per heavy atom. The topological polar surface area (TPSA) is 69.9 Å². The zero-order valence-corrected chi connectivity index (χ0v) is 15.9. The number of furan rings is 1. The minimum atomic E-state index is -0.295. The SMILES string of the molecule is COc1ccccc1OCc1ccc(C(=O)NCCOc2cccc(C)c2)o1. The molecule has 0 fully saturated rings. The molecule has 1 N–H and O–H groups in total. The number of rotatable bonds is 9. The zero-order valence-electron chi connectivity index (χ0n) is 15.9. The summed E-state index contributed by atoms with van der Waals surface area (Å²) in [6.45, 7) is 2.95. The summed E-state index contributed by atoms with van der Waals surface area (Å²) in [7, 11) is 1.58. The highest BCUT2D eigenvalue weighted by molar-refractivity contribution is 5.91. The van der Waals surface area contributed by atoms with Crippen LogP contribution >= 0.6 is 0 Å². The highest BCUT2D eigenvalue weighted by Gasteiger charge is 2.12. The fourth-order valence-corrected chi connectivity index (χ4v) is 2.59. The Morgan fingerprint density at radius 3 is 2.61 bits per heavy atom. The Hall–Kier alpha value is -3.41. The lowest BCUT2D eigenvalue weighted by atomic mass is 10.2. The summed E-state index contributed by atoms with van der Waals surface area (Å²) in [5.74, 6) is 2.52. The van der Waals surface area contributed by atoms with Crippen LogP contribution in [0, 0.1) is 6.92 Å². The van der Waals surface area contributed by atoms with Crippen molar-refractivity contribution in [2.45, 2.75) is 13.5 Å². The van der Waals surface area contributed by atoms with Crippen molar-refractivity contribution in [3.8, 4) is 17.2 Å². The smallest absolute Gasteiger partial charge is 0.287 e. The minimum Gasteiger partial charge on any atom is -0.493 e. The summed E-state index contributed by atoms with van der Waals surface area (Å²) in [6, 6.07) is 18.4. The second kappa shape index (κ2) is 9.50. The molecule has 28 heavy (non-hydrogen) atoms. The second-order valence-corrected chi connectivity index (χ2v) is 6.13. The first-order chi connectivity index (χ1) is 13.7. The third-order valence-electron chi connectivity index (χ3n) is 3.97. The van der Waals surface area contributed by atoms with Gasteiger partial charge in [0.1, 0.15) is 24.7 Å². The molecule has 0 bridgehead atoms. The Morgan fingerprint density at radius 2 is 1.82 bits per heavy atom. The number of carbonyl (C=O) groups is 1. The van der Waals surface area contributed by atoms with E-state index in [4.69, 9.17) is 18.6 Å². The van der Waals surface area contributed by atoms with Crippen molar-refractivity contribution in [3.63, 3.8) is 0 Å². The number of amides is 1. The molecule has 0 radical (unpaired) electrons. The molecule has 1 aromatic heterocycles. The van der Waals surface area contributed by atoms with Gasteiger partial charge in [0.15, 0.2) is 17.3 Å². The Balaban J connectivity index is 1.44. The largest absolute Gasteiger partial charge is 0.493 e. The molecule has 6 nitrogen and oxygen atoms in total. The van der Waals surface area contributed by atoms with E-state index in [1.807, 2.05) is 55.5 Å². The van der Waals surface area contributed by atoms with Gasteiger partial charge in [0.05, 0.1) is 13.7 Å². The maximum absolute atomic E-state index is 12.2. The summed E-state index contributed by atoms with van der Waals surface area (Å²) in [4.78, 5) is 12.2. The molecule has 1 heterocycles. The van der Waals surface area contributed by atoms with Crippen LogP contribution in [0.5, 0.6) is 17.2 Å². The average Bonchev–Trinajstić information content (AvgIpc) is 3.19. The molecule has 0 saturated carbocycles. The van der Waals surface area contributed by atoms with Gasteiger partial charge >= 0.3 is 0 Å². The first-order valence-corrected chi connectivity index (χ1v) is 8.98. The van der Waals surface area contributed by atoms with E-state index < -0.39 is 0 Å². The maximum Gasteiger partial charge on any atom is 0.287 e.